The van der Waals surface area contributed by atoms with Gasteiger partial charge in [-0.1, -0.05) is 66.7 Å². The Morgan fingerprint density at radius 2 is 1.23 bits per heavy atom. The van der Waals surface area contributed by atoms with Crippen LogP contribution >= 0.6 is 0 Å². The molecular weight excluding hydrogens is 386 g/mol. The molecule has 0 radical (unpaired) electrons. The molecule has 4 aromatic rings. The number of amides is 1. The van der Waals surface area contributed by atoms with E-state index in [1.54, 1.807) is 12.1 Å². The highest BCUT2D eigenvalue weighted by Crippen LogP contribution is 2.19. The Morgan fingerprint density at radius 1 is 0.613 bits per heavy atom. The zero-order valence-electron chi connectivity index (χ0n) is 17.0. The molecule has 4 nitrogen and oxygen atoms in total. The average Bonchev–Trinajstić information content (AvgIpc) is 2.83. The topological polar surface area (TPSA) is 47.6 Å². The van der Waals surface area contributed by atoms with E-state index >= 15 is 0 Å². The molecule has 0 fully saturated rings. The Morgan fingerprint density at radius 3 is 1.94 bits per heavy atom. The first-order valence-electron chi connectivity index (χ1n) is 10.1. The molecule has 4 rings (SSSR count). The second-order valence-corrected chi connectivity index (χ2v) is 7.05. The van der Waals surface area contributed by atoms with E-state index in [-0.39, 0.29) is 5.91 Å². The summed E-state index contributed by atoms with van der Waals surface area (Å²) in [6, 6.07) is 34.4. The van der Waals surface area contributed by atoms with Gasteiger partial charge in [-0.25, -0.2) is 0 Å². The van der Waals surface area contributed by atoms with Gasteiger partial charge in [0.1, 0.15) is 24.7 Å². The highest BCUT2D eigenvalue weighted by Gasteiger charge is 2.07. The molecule has 0 aliphatic heterocycles. The van der Waals surface area contributed by atoms with Crippen molar-refractivity contribution in [3.63, 3.8) is 0 Å². The maximum atomic E-state index is 12.5. The van der Waals surface area contributed by atoms with Crippen LogP contribution in [0.1, 0.15) is 21.5 Å². The van der Waals surface area contributed by atoms with Gasteiger partial charge in [-0.05, 0) is 53.6 Å². The van der Waals surface area contributed by atoms with Gasteiger partial charge in [0.2, 0.25) is 0 Å². The monoisotopic (exact) mass is 409 g/mol. The second-order valence-electron chi connectivity index (χ2n) is 7.05. The molecule has 154 valence electrons. The molecule has 0 unspecified atom stereocenters. The minimum atomic E-state index is -0.170. The lowest BCUT2D eigenvalue weighted by atomic mass is 10.2. The maximum Gasteiger partial charge on any atom is 0.255 e. The average molecular weight is 409 g/mol. The van der Waals surface area contributed by atoms with E-state index in [0.717, 1.165) is 22.6 Å². The number of hydrogen-bond acceptors (Lipinski definition) is 3. The number of ether oxygens (including phenoxy) is 2. The fraction of sp³-hybridized carbons (Fsp3) is 0.0741. The Kier molecular flexibility index (Phi) is 6.61. The highest BCUT2D eigenvalue weighted by atomic mass is 16.5. The molecule has 0 aliphatic carbocycles. The van der Waals surface area contributed by atoms with Gasteiger partial charge < -0.3 is 14.8 Å². The Bertz CT molecular complexity index is 1110. The molecule has 1 amide bonds. The van der Waals surface area contributed by atoms with Crippen LogP contribution in [0.25, 0.3) is 0 Å². The van der Waals surface area contributed by atoms with E-state index in [4.69, 9.17) is 9.47 Å². The SMILES string of the molecule is O=C(Nc1ccccc1)c1cccc(OCc2ccc(OCc3ccccc3)cc2)c1. The molecule has 4 heteroatoms. The van der Waals surface area contributed by atoms with Crippen LogP contribution < -0.4 is 14.8 Å². The number of carbonyl (C=O) groups excluding carboxylic acids is 1. The van der Waals surface area contributed by atoms with Gasteiger partial charge in [-0.3, -0.25) is 4.79 Å². The van der Waals surface area contributed by atoms with Crippen molar-refractivity contribution in [3.05, 3.63) is 126 Å². The van der Waals surface area contributed by atoms with Crippen LogP contribution in [-0.2, 0) is 13.2 Å². The molecule has 0 bridgehead atoms. The van der Waals surface area contributed by atoms with E-state index < -0.39 is 0 Å². The van der Waals surface area contributed by atoms with Crippen LogP contribution in [-0.4, -0.2) is 5.91 Å². The summed E-state index contributed by atoms with van der Waals surface area (Å²) < 4.78 is 11.7. The molecule has 31 heavy (non-hydrogen) atoms. The maximum absolute atomic E-state index is 12.5. The van der Waals surface area contributed by atoms with Crippen molar-refractivity contribution < 1.29 is 14.3 Å². The summed E-state index contributed by atoms with van der Waals surface area (Å²) in [5.41, 5.74) is 3.46. The van der Waals surface area contributed by atoms with Crippen LogP contribution in [0, 0.1) is 0 Å². The zero-order chi connectivity index (χ0) is 21.3. The zero-order valence-corrected chi connectivity index (χ0v) is 17.0. The van der Waals surface area contributed by atoms with E-state index in [1.807, 2.05) is 97.1 Å². The van der Waals surface area contributed by atoms with E-state index in [1.165, 1.54) is 0 Å². The first kappa shape index (κ1) is 20.2. The van der Waals surface area contributed by atoms with E-state index in [9.17, 15) is 4.79 Å². The van der Waals surface area contributed by atoms with Gasteiger partial charge in [0.05, 0.1) is 0 Å². The lowest BCUT2D eigenvalue weighted by Gasteiger charge is -2.10. The molecule has 0 saturated carbocycles. The van der Waals surface area contributed by atoms with Gasteiger partial charge in [0.15, 0.2) is 0 Å². The summed E-state index contributed by atoms with van der Waals surface area (Å²) in [5.74, 6) is 1.29. The van der Waals surface area contributed by atoms with Crippen LogP contribution in [0.5, 0.6) is 11.5 Å². The molecule has 0 spiro atoms. The number of benzene rings is 4. The molecule has 0 atom stereocenters. The fourth-order valence-electron chi connectivity index (χ4n) is 3.04. The van der Waals surface area contributed by atoms with E-state index in [0.29, 0.717) is 24.5 Å². The van der Waals surface area contributed by atoms with Crippen LogP contribution in [0.4, 0.5) is 5.69 Å². The summed E-state index contributed by atoms with van der Waals surface area (Å²) in [6.07, 6.45) is 0. The third-order valence-corrected chi connectivity index (χ3v) is 4.71. The van der Waals surface area contributed by atoms with Crippen molar-refractivity contribution in [2.75, 3.05) is 5.32 Å². The van der Waals surface area contributed by atoms with Crippen molar-refractivity contribution in [2.24, 2.45) is 0 Å². The van der Waals surface area contributed by atoms with Crippen molar-refractivity contribution >= 4 is 11.6 Å². The molecule has 1 N–H and O–H groups in total. The van der Waals surface area contributed by atoms with Crippen molar-refractivity contribution in [1.82, 2.24) is 0 Å². The Hall–Kier alpha value is -4.05. The second kappa shape index (κ2) is 10.1. The number of hydrogen-bond donors (Lipinski definition) is 1. The van der Waals surface area contributed by atoms with Crippen molar-refractivity contribution in [2.45, 2.75) is 13.2 Å². The molecule has 0 heterocycles. The van der Waals surface area contributed by atoms with Crippen LogP contribution in [0.15, 0.2) is 109 Å². The normalized spacial score (nSPS) is 10.3. The van der Waals surface area contributed by atoms with Gasteiger partial charge in [-0.15, -0.1) is 0 Å². The quantitative estimate of drug-likeness (QED) is 0.383. The number of para-hydroxylation sites is 1. The smallest absolute Gasteiger partial charge is 0.255 e. The minimum Gasteiger partial charge on any atom is -0.489 e. The fourth-order valence-corrected chi connectivity index (χ4v) is 3.04. The predicted octanol–water partition coefficient (Wildman–Crippen LogP) is 6.10. The Labute approximate surface area is 182 Å². The standard InChI is InChI=1S/C27H23NO3/c29-27(28-24-11-5-2-6-12-24)23-10-7-13-26(18-23)31-20-22-14-16-25(17-15-22)30-19-21-8-3-1-4-9-21/h1-18H,19-20H2,(H,28,29). The van der Waals surface area contributed by atoms with Crippen LogP contribution in [0.2, 0.25) is 0 Å². The molecule has 0 aliphatic rings. The number of anilines is 1. The van der Waals surface area contributed by atoms with Crippen molar-refractivity contribution in [1.29, 1.82) is 0 Å². The predicted molar refractivity (Wildman–Crippen MR) is 122 cm³/mol. The lowest BCUT2D eigenvalue weighted by Crippen LogP contribution is -2.11. The largest absolute Gasteiger partial charge is 0.489 e. The van der Waals surface area contributed by atoms with Gasteiger partial charge in [0.25, 0.3) is 5.91 Å². The van der Waals surface area contributed by atoms with Gasteiger partial charge >= 0.3 is 0 Å². The molecule has 0 aromatic heterocycles. The first-order valence-corrected chi connectivity index (χ1v) is 10.1. The highest BCUT2D eigenvalue weighted by molar-refractivity contribution is 6.04. The van der Waals surface area contributed by atoms with Crippen molar-refractivity contribution in [3.8, 4) is 11.5 Å². The van der Waals surface area contributed by atoms with Gasteiger partial charge in [-0.2, -0.15) is 0 Å². The number of rotatable bonds is 8. The summed E-state index contributed by atoms with van der Waals surface area (Å²) in [5, 5.41) is 2.88. The van der Waals surface area contributed by atoms with E-state index in [2.05, 4.69) is 5.32 Å². The number of nitrogens with one attached hydrogen (secondary N) is 1. The Balaban J connectivity index is 1.30. The summed E-state index contributed by atoms with van der Waals surface area (Å²) in [6.45, 7) is 0.942. The lowest BCUT2D eigenvalue weighted by molar-refractivity contribution is 0.102. The summed E-state index contributed by atoms with van der Waals surface area (Å²) in [4.78, 5) is 12.5. The number of carbonyl (C=O) groups is 1. The third kappa shape index (κ3) is 5.97. The minimum absolute atomic E-state index is 0.170. The third-order valence-electron chi connectivity index (χ3n) is 4.71. The molecule has 0 saturated heterocycles. The van der Waals surface area contributed by atoms with Gasteiger partial charge in [0, 0.05) is 11.3 Å². The van der Waals surface area contributed by atoms with Crippen LogP contribution in [0.3, 0.4) is 0 Å². The molecular formula is C27H23NO3. The first-order chi connectivity index (χ1) is 15.3. The summed E-state index contributed by atoms with van der Waals surface area (Å²) >= 11 is 0. The molecule has 4 aromatic carbocycles. The summed E-state index contributed by atoms with van der Waals surface area (Å²) in [7, 11) is 0.